The van der Waals surface area contributed by atoms with E-state index in [1.165, 1.54) is 30.8 Å². The van der Waals surface area contributed by atoms with Crippen LogP contribution in [0.25, 0.3) is 0 Å². The maximum atomic E-state index is 12.8. The third-order valence-electron chi connectivity index (χ3n) is 3.26. The average Bonchev–Trinajstić information content (AvgIpc) is 2.74. The molecule has 0 spiro atoms. The topological polar surface area (TPSA) is 17.8 Å². The van der Waals surface area contributed by atoms with Gasteiger partial charge in [0.2, 0.25) is 0 Å². The van der Waals surface area contributed by atoms with Crippen LogP contribution in [0.1, 0.15) is 29.9 Å². The Morgan fingerprint density at radius 1 is 1.18 bits per heavy atom. The van der Waals surface area contributed by atoms with Crippen LogP contribution in [-0.4, -0.2) is 9.55 Å². The van der Waals surface area contributed by atoms with Crippen molar-refractivity contribution >= 4 is 0 Å². The molecule has 2 heterocycles. The fourth-order valence-corrected chi connectivity index (χ4v) is 2.37. The molecule has 0 aliphatic carbocycles. The van der Waals surface area contributed by atoms with Gasteiger partial charge in [-0.25, -0.2) is 9.37 Å². The Morgan fingerprint density at radius 2 is 2.00 bits per heavy atom. The quantitative estimate of drug-likeness (QED) is 0.775. The Morgan fingerprint density at radius 3 is 2.76 bits per heavy atom. The second-order valence-electron chi connectivity index (χ2n) is 4.60. The van der Waals surface area contributed by atoms with Crippen molar-refractivity contribution in [1.82, 2.24) is 9.55 Å². The van der Waals surface area contributed by atoms with Gasteiger partial charge in [0.15, 0.2) is 0 Å². The highest BCUT2D eigenvalue weighted by molar-refractivity contribution is 5.22. The normalized spacial score (nSPS) is 14.6. The second kappa shape index (κ2) is 4.32. The number of aryl methyl sites for hydroxylation is 2. The van der Waals surface area contributed by atoms with Crippen LogP contribution in [0.4, 0.5) is 4.39 Å². The monoisotopic (exact) mass is 230 g/mol. The van der Waals surface area contributed by atoms with E-state index < -0.39 is 0 Å². The summed E-state index contributed by atoms with van der Waals surface area (Å²) in [6.45, 7) is 1.09. The lowest BCUT2D eigenvalue weighted by Crippen LogP contribution is -2.08. The fourth-order valence-electron chi connectivity index (χ4n) is 2.37. The lowest BCUT2D eigenvalue weighted by atomic mass is 10.1. The molecule has 1 aliphatic rings. The molecule has 2 nitrogen and oxygen atoms in total. The average molecular weight is 230 g/mol. The highest BCUT2D eigenvalue weighted by Crippen LogP contribution is 2.16. The van der Waals surface area contributed by atoms with Gasteiger partial charge in [-0.3, -0.25) is 0 Å². The molecule has 0 saturated carbocycles. The van der Waals surface area contributed by atoms with Gasteiger partial charge in [-0.05, 0) is 30.5 Å². The molecule has 88 valence electrons. The van der Waals surface area contributed by atoms with Crippen LogP contribution in [-0.2, 0) is 19.4 Å². The van der Waals surface area contributed by atoms with E-state index in [0.29, 0.717) is 0 Å². The third-order valence-corrected chi connectivity index (χ3v) is 3.26. The molecule has 3 heteroatoms. The molecule has 0 radical (unpaired) electrons. The minimum atomic E-state index is -0.183. The van der Waals surface area contributed by atoms with Crippen molar-refractivity contribution in [3.63, 3.8) is 0 Å². The molecular formula is C14H15FN2. The zero-order valence-electron chi connectivity index (χ0n) is 9.69. The molecule has 1 aromatic carbocycles. The maximum Gasteiger partial charge on any atom is 0.123 e. The van der Waals surface area contributed by atoms with Gasteiger partial charge in [0.05, 0.1) is 5.69 Å². The summed E-state index contributed by atoms with van der Waals surface area (Å²) in [6.07, 6.45) is 6.51. The number of rotatable bonds is 2. The Labute approximate surface area is 100 Å². The standard InChI is InChI=1S/C14H15FN2/c15-12-6-4-11(5-7-12)9-13-10-17-8-2-1-3-14(17)16-13/h4-7,10H,1-3,8-9H2. The number of halogens is 1. The largest absolute Gasteiger partial charge is 0.335 e. The Kier molecular flexibility index (Phi) is 2.67. The zero-order chi connectivity index (χ0) is 11.7. The molecule has 0 amide bonds. The van der Waals surface area contributed by atoms with E-state index in [1.54, 1.807) is 0 Å². The van der Waals surface area contributed by atoms with E-state index in [9.17, 15) is 4.39 Å². The third kappa shape index (κ3) is 2.23. The maximum absolute atomic E-state index is 12.8. The second-order valence-corrected chi connectivity index (χ2v) is 4.60. The Balaban J connectivity index is 1.80. The smallest absolute Gasteiger partial charge is 0.123 e. The minimum absolute atomic E-state index is 0.183. The molecule has 3 rings (SSSR count). The summed E-state index contributed by atoms with van der Waals surface area (Å²) in [5, 5.41) is 0. The van der Waals surface area contributed by atoms with Crippen LogP contribution >= 0.6 is 0 Å². The van der Waals surface area contributed by atoms with E-state index in [2.05, 4.69) is 15.7 Å². The first kappa shape index (κ1) is 10.5. The highest BCUT2D eigenvalue weighted by atomic mass is 19.1. The minimum Gasteiger partial charge on any atom is -0.335 e. The number of nitrogens with zero attached hydrogens (tertiary/aromatic N) is 2. The number of aromatic nitrogens is 2. The number of fused-ring (bicyclic) bond motifs is 1. The van der Waals surface area contributed by atoms with E-state index in [-0.39, 0.29) is 5.82 Å². The first-order valence-corrected chi connectivity index (χ1v) is 6.10. The van der Waals surface area contributed by atoms with Crippen LogP contribution in [0.2, 0.25) is 0 Å². The molecule has 2 aromatic rings. The Hall–Kier alpha value is -1.64. The van der Waals surface area contributed by atoms with Gasteiger partial charge in [-0.15, -0.1) is 0 Å². The number of hydrogen-bond donors (Lipinski definition) is 0. The SMILES string of the molecule is Fc1ccc(Cc2cn3c(n2)CCCC3)cc1. The summed E-state index contributed by atoms with van der Waals surface area (Å²) >= 11 is 0. The van der Waals surface area contributed by atoms with E-state index in [0.717, 1.165) is 30.6 Å². The van der Waals surface area contributed by atoms with Gasteiger partial charge in [-0.2, -0.15) is 0 Å². The lowest BCUT2D eigenvalue weighted by molar-refractivity contribution is 0.522. The first-order chi connectivity index (χ1) is 8.31. The molecule has 1 aromatic heterocycles. The van der Waals surface area contributed by atoms with E-state index >= 15 is 0 Å². The van der Waals surface area contributed by atoms with E-state index in [1.807, 2.05) is 12.1 Å². The summed E-state index contributed by atoms with van der Waals surface area (Å²) in [5.41, 5.74) is 2.20. The van der Waals surface area contributed by atoms with Crippen LogP contribution in [0.3, 0.4) is 0 Å². The summed E-state index contributed by atoms with van der Waals surface area (Å²) < 4.78 is 15.0. The van der Waals surface area contributed by atoms with Crippen LogP contribution < -0.4 is 0 Å². The van der Waals surface area contributed by atoms with Gasteiger partial charge < -0.3 is 4.57 Å². The van der Waals surface area contributed by atoms with Gasteiger partial charge in [0, 0.05) is 25.6 Å². The van der Waals surface area contributed by atoms with Crippen molar-refractivity contribution in [3.8, 4) is 0 Å². The van der Waals surface area contributed by atoms with Crippen molar-refractivity contribution in [2.75, 3.05) is 0 Å². The van der Waals surface area contributed by atoms with E-state index in [4.69, 9.17) is 0 Å². The van der Waals surface area contributed by atoms with Crippen molar-refractivity contribution < 1.29 is 4.39 Å². The molecule has 0 fully saturated rings. The first-order valence-electron chi connectivity index (χ1n) is 6.10. The summed E-state index contributed by atoms with van der Waals surface area (Å²) in [5.74, 6) is 1.02. The highest BCUT2D eigenvalue weighted by Gasteiger charge is 2.12. The molecule has 0 N–H and O–H groups in total. The van der Waals surface area contributed by atoms with Crippen molar-refractivity contribution in [1.29, 1.82) is 0 Å². The molecule has 0 unspecified atom stereocenters. The predicted octanol–water partition coefficient (Wildman–Crippen LogP) is 2.95. The van der Waals surface area contributed by atoms with Gasteiger partial charge >= 0.3 is 0 Å². The van der Waals surface area contributed by atoms with Gasteiger partial charge in [0.1, 0.15) is 11.6 Å². The molecular weight excluding hydrogens is 215 g/mol. The van der Waals surface area contributed by atoms with Crippen molar-refractivity contribution in [2.24, 2.45) is 0 Å². The van der Waals surface area contributed by atoms with Crippen molar-refractivity contribution in [2.45, 2.75) is 32.2 Å². The summed E-state index contributed by atoms with van der Waals surface area (Å²) in [7, 11) is 0. The predicted molar refractivity (Wildman–Crippen MR) is 64.4 cm³/mol. The van der Waals surface area contributed by atoms with Crippen molar-refractivity contribution in [3.05, 3.63) is 53.4 Å². The fraction of sp³-hybridized carbons (Fsp3) is 0.357. The van der Waals surface area contributed by atoms with Crippen LogP contribution in [0.15, 0.2) is 30.5 Å². The number of imidazole rings is 1. The molecule has 0 bridgehead atoms. The molecule has 0 atom stereocenters. The van der Waals surface area contributed by atoms with Crippen LogP contribution in [0.5, 0.6) is 0 Å². The summed E-state index contributed by atoms with van der Waals surface area (Å²) in [6, 6.07) is 6.66. The number of benzene rings is 1. The molecule has 17 heavy (non-hydrogen) atoms. The summed E-state index contributed by atoms with van der Waals surface area (Å²) in [4.78, 5) is 4.64. The Bertz CT molecular complexity index is 490. The van der Waals surface area contributed by atoms with Crippen LogP contribution in [0, 0.1) is 5.82 Å². The lowest BCUT2D eigenvalue weighted by Gasteiger charge is -2.11. The zero-order valence-corrected chi connectivity index (χ0v) is 9.69. The number of hydrogen-bond acceptors (Lipinski definition) is 1. The molecule has 1 aliphatic heterocycles. The van der Waals surface area contributed by atoms with Gasteiger partial charge in [-0.1, -0.05) is 12.1 Å². The molecule has 0 saturated heterocycles. The van der Waals surface area contributed by atoms with Gasteiger partial charge in [0.25, 0.3) is 0 Å².